The quantitative estimate of drug-likeness (QED) is 0.181. The zero-order chi connectivity index (χ0) is 28.8. The standard InChI is InChI=1S/C28H24F4N4O2S2/c29-23-7-5-21(6-8-23)18-36(19-22-3-1-2-4-26(22)28(30,31)32)40(37,38)25-11-9-24(10-12-25)35-27(39)34-17-20-13-15-33-16-14-20/h1-16H,17-19H2,(H2,34,35,39). The third-order valence-corrected chi connectivity index (χ3v) is 7.95. The van der Waals surface area contributed by atoms with Crippen molar-refractivity contribution in [2.75, 3.05) is 5.32 Å². The fourth-order valence-electron chi connectivity index (χ4n) is 3.86. The van der Waals surface area contributed by atoms with Crippen molar-refractivity contribution in [2.45, 2.75) is 30.7 Å². The summed E-state index contributed by atoms with van der Waals surface area (Å²) in [5, 5.41) is 6.31. The van der Waals surface area contributed by atoms with Gasteiger partial charge in [-0.25, -0.2) is 12.8 Å². The van der Waals surface area contributed by atoms with Crippen molar-refractivity contribution in [3.63, 3.8) is 0 Å². The van der Waals surface area contributed by atoms with E-state index in [1.807, 2.05) is 12.1 Å². The average molecular weight is 589 g/mol. The second-order valence-electron chi connectivity index (χ2n) is 8.74. The molecule has 0 saturated heterocycles. The van der Waals surface area contributed by atoms with Crippen LogP contribution in [0.2, 0.25) is 0 Å². The highest BCUT2D eigenvalue weighted by Crippen LogP contribution is 2.33. The molecule has 4 aromatic rings. The van der Waals surface area contributed by atoms with Crippen molar-refractivity contribution < 1.29 is 26.0 Å². The van der Waals surface area contributed by atoms with Crippen LogP contribution in [0.4, 0.5) is 23.2 Å². The number of hydrogen-bond donors (Lipinski definition) is 2. The second kappa shape index (κ2) is 12.5. The second-order valence-corrected chi connectivity index (χ2v) is 11.1. The molecule has 40 heavy (non-hydrogen) atoms. The average Bonchev–Trinajstić information content (AvgIpc) is 2.93. The fraction of sp³-hybridized carbons (Fsp3) is 0.143. The fourth-order valence-corrected chi connectivity index (χ4v) is 5.46. The van der Waals surface area contributed by atoms with E-state index in [4.69, 9.17) is 12.2 Å². The van der Waals surface area contributed by atoms with Gasteiger partial charge in [0, 0.05) is 37.7 Å². The summed E-state index contributed by atoms with van der Waals surface area (Å²) < 4.78 is 82.7. The number of hydrogen-bond acceptors (Lipinski definition) is 4. The Morgan fingerprint density at radius 2 is 1.50 bits per heavy atom. The summed E-state index contributed by atoms with van der Waals surface area (Å²) in [5.41, 5.74) is 0.761. The molecule has 0 fully saturated rings. The van der Waals surface area contributed by atoms with Gasteiger partial charge in [-0.05, 0) is 83.5 Å². The van der Waals surface area contributed by atoms with E-state index in [1.165, 1.54) is 54.6 Å². The Balaban J connectivity index is 1.55. The molecule has 0 unspecified atom stereocenters. The summed E-state index contributed by atoms with van der Waals surface area (Å²) in [6.07, 6.45) is -1.35. The lowest BCUT2D eigenvalue weighted by molar-refractivity contribution is -0.138. The molecule has 6 nitrogen and oxygen atoms in total. The number of benzene rings is 3. The van der Waals surface area contributed by atoms with Crippen LogP contribution in [0, 0.1) is 5.82 Å². The molecule has 0 aliphatic rings. The molecule has 3 aromatic carbocycles. The Bertz CT molecular complexity index is 1550. The highest BCUT2D eigenvalue weighted by Gasteiger charge is 2.35. The summed E-state index contributed by atoms with van der Waals surface area (Å²) in [7, 11) is -4.27. The van der Waals surface area contributed by atoms with Crippen LogP contribution in [0.5, 0.6) is 0 Å². The summed E-state index contributed by atoms with van der Waals surface area (Å²) in [5.74, 6) is -0.517. The molecule has 4 rings (SSSR count). The predicted molar refractivity (Wildman–Crippen MR) is 148 cm³/mol. The van der Waals surface area contributed by atoms with Gasteiger partial charge in [0.25, 0.3) is 0 Å². The zero-order valence-corrected chi connectivity index (χ0v) is 22.5. The minimum atomic E-state index is -4.67. The number of pyridine rings is 1. The van der Waals surface area contributed by atoms with E-state index in [0.29, 0.717) is 22.9 Å². The largest absolute Gasteiger partial charge is 0.416 e. The summed E-state index contributed by atoms with van der Waals surface area (Å²) in [6, 6.07) is 19.3. The number of thiocarbonyl (C=S) groups is 1. The Morgan fingerprint density at radius 3 is 2.15 bits per heavy atom. The molecule has 0 atom stereocenters. The Morgan fingerprint density at radius 1 is 0.850 bits per heavy atom. The van der Waals surface area contributed by atoms with Gasteiger partial charge in [-0.3, -0.25) is 4.98 Å². The first-order chi connectivity index (χ1) is 19.0. The van der Waals surface area contributed by atoms with Crippen molar-refractivity contribution in [3.05, 3.63) is 125 Å². The Kier molecular flexibility index (Phi) is 9.13. The Labute approximate surface area is 234 Å². The molecule has 0 amide bonds. The van der Waals surface area contributed by atoms with Crippen molar-refractivity contribution in [2.24, 2.45) is 0 Å². The molecule has 12 heteroatoms. The van der Waals surface area contributed by atoms with Crippen molar-refractivity contribution in [3.8, 4) is 0 Å². The minimum Gasteiger partial charge on any atom is -0.358 e. The first-order valence-electron chi connectivity index (χ1n) is 12.0. The molecule has 0 bridgehead atoms. The highest BCUT2D eigenvalue weighted by atomic mass is 32.2. The van der Waals surface area contributed by atoms with Crippen LogP contribution in [-0.2, 0) is 35.8 Å². The highest BCUT2D eigenvalue weighted by molar-refractivity contribution is 7.89. The third-order valence-electron chi connectivity index (χ3n) is 5.89. The lowest BCUT2D eigenvalue weighted by Gasteiger charge is -2.24. The summed E-state index contributed by atoms with van der Waals surface area (Å²) >= 11 is 5.30. The third kappa shape index (κ3) is 7.62. The first-order valence-corrected chi connectivity index (χ1v) is 13.8. The summed E-state index contributed by atoms with van der Waals surface area (Å²) in [4.78, 5) is 3.83. The van der Waals surface area contributed by atoms with Gasteiger partial charge in [0.1, 0.15) is 5.82 Å². The molecule has 0 aliphatic heterocycles. The molecule has 2 N–H and O–H groups in total. The normalized spacial score (nSPS) is 11.8. The zero-order valence-electron chi connectivity index (χ0n) is 20.9. The van der Waals surface area contributed by atoms with Crippen molar-refractivity contribution in [1.29, 1.82) is 0 Å². The van der Waals surface area contributed by atoms with Crippen molar-refractivity contribution >= 4 is 33.0 Å². The maximum Gasteiger partial charge on any atom is 0.416 e. The van der Waals surface area contributed by atoms with Gasteiger partial charge >= 0.3 is 6.18 Å². The number of alkyl halides is 3. The van der Waals surface area contributed by atoms with Crippen LogP contribution in [-0.4, -0.2) is 22.8 Å². The van der Waals surface area contributed by atoms with Crippen molar-refractivity contribution in [1.82, 2.24) is 14.6 Å². The van der Waals surface area contributed by atoms with Crippen LogP contribution in [0.15, 0.2) is 102 Å². The van der Waals surface area contributed by atoms with Gasteiger partial charge in [0.05, 0.1) is 10.5 Å². The summed E-state index contributed by atoms with van der Waals surface area (Å²) in [6.45, 7) is -0.352. The lowest BCUT2D eigenvalue weighted by Crippen LogP contribution is -2.31. The van der Waals surface area contributed by atoms with Crippen LogP contribution in [0.1, 0.15) is 22.3 Å². The van der Waals surface area contributed by atoms with Crippen LogP contribution >= 0.6 is 12.2 Å². The van der Waals surface area contributed by atoms with Crippen LogP contribution in [0.3, 0.4) is 0 Å². The van der Waals surface area contributed by atoms with E-state index >= 15 is 0 Å². The van der Waals surface area contributed by atoms with E-state index in [1.54, 1.807) is 12.4 Å². The van der Waals surface area contributed by atoms with E-state index in [-0.39, 0.29) is 17.0 Å². The lowest BCUT2D eigenvalue weighted by atomic mass is 10.1. The number of rotatable bonds is 9. The number of anilines is 1. The topological polar surface area (TPSA) is 74.3 Å². The molecule has 208 valence electrons. The molecule has 1 aromatic heterocycles. The molecule has 1 heterocycles. The maximum atomic E-state index is 13.7. The van der Waals surface area contributed by atoms with Gasteiger partial charge in [-0.15, -0.1) is 0 Å². The maximum absolute atomic E-state index is 13.7. The Hall–Kier alpha value is -3.87. The molecule has 0 radical (unpaired) electrons. The predicted octanol–water partition coefficient (Wildman–Crippen LogP) is 6.12. The van der Waals surface area contributed by atoms with Crippen LogP contribution < -0.4 is 10.6 Å². The number of nitrogens with one attached hydrogen (secondary N) is 2. The molecule has 0 aliphatic carbocycles. The van der Waals surface area contributed by atoms with Gasteiger partial charge in [0.2, 0.25) is 10.0 Å². The molecule has 0 spiro atoms. The van der Waals surface area contributed by atoms with E-state index in [0.717, 1.165) is 28.1 Å². The monoisotopic (exact) mass is 588 g/mol. The number of sulfonamides is 1. The van der Waals surface area contributed by atoms with Crippen LogP contribution in [0.25, 0.3) is 0 Å². The van der Waals surface area contributed by atoms with E-state index < -0.39 is 34.1 Å². The van der Waals surface area contributed by atoms with Gasteiger partial charge in [0.15, 0.2) is 5.11 Å². The first kappa shape index (κ1) is 29.1. The minimum absolute atomic E-state index is 0.125. The SMILES string of the molecule is O=S(=O)(c1ccc(NC(=S)NCc2ccncc2)cc1)N(Cc1ccc(F)cc1)Cc1ccccc1C(F)(F)F. The molecular weight excluding hydrogens is 564 g/mol. The number of halogens is 4. The molecular formula is C28H24F4N4O2S2. The smallest absolute Gasteiger partial charge is 0.358 e. The van der Waals surface area contributed by atoms with Gasteiger partial charge in [-0.1, -0.05) is 30.3 Å². The van der Waals surface area contributed by atoms with Gasteiger partial charge in [-0.2, -0.15) is 17.5 Å². The van der Waals surface area contributed by atoms with E-state index in [9.17, 15) is 26.0 Å². The van der Waals surface area contributed by atoms with E-state index in [2.05, 4.69) is 15.6 Å². The van der Waals surface area contributed by atoms with Gasteiger partial charge < -0.3 is 10.6 Å². The molecule has 0 saturated carbocycles. The number of aromatic nitrogens is 1. The number of nitrogens with zero attached hydrogens (tertiary/aromatic N) is 2.